The summed E-state index contributed by atoms with van der Waals surface area (Å²) in [6, 6.07) is 9.59. The Hall–Kier alpha value is -1.90. The summed E-state index contributed by atoms with van der Waals surface area (Å²) < 4.78 is 18.1. The van der Waals surface area contributed by atoms with Crippen molar-refractivity contribution < 1.29 is 13.6 Å². The molecule has 2 rings (SSSR count). The van der Waals surface area contributed by atoms with Crippen LogP contribution in [0.25, 0.3) is 0 Å². The first-order chi connectivity index (χ1) is 8.14. The first kappa shape index (κ1) is 11.6. The molecule has 3 heteroatoms. The van der Waals surface area contributed by atoms with Crippen molar-refractivity contribution in [1.29, 1.82) is 0 Å². The Kier molecular flexibility index (Phi) is 3.09. The van der Waals surface area contributed by atoms with Crippen LogP contribution in [-0.4, -0.2) is 6.29 Å². The smallest absolute Gasteiger partial charge is 0.130 e. The summed E-state index contributed by atoms with van der Waals surface area (Å²) in [5.74, 6) is 0.434. The molecule has 0 saturated heterocycles. The van der Waals surface area contributed by atoms with Gasteiger partial charge in [-0.25, -0.2) is 4.39 Å². The lowest BCUT2D eigenvalue weighted by Crippen LogP contribution is -2.26. The van der Waals surface area contributed by atoms with E-state index in [1.54, 1.807) is 24.5 Å². The molecule has 0 radical (unpaired) electrons. The lowest BCUT2D eigenvalue weighted by molar-refractivity contribution is -0.112. The number of halogens is 1. The van der Waals surface area contributed by atoms with Crippen LogP contribution in [-0.2, 0) is 16.6 Å². The van der Waals surface area contributed by atoms with Gasteiger partial charge in [0.15, 0.2) is 0 Å². The van der Waals surface area contributed by atoms with Gasteiger partial charge >= 0.3 is 0 Å². The Morgan fingerprint density at radius 2 is 2.00 bits per heavy atom. The van der Waals surface area contributed by atoms with E-state index in [1.807, 2.05) is 13.0 Å². The topological polar surface area (TPSA) is 30.2 Å². The Bertz CT molecular complexity index is 487. The number of furan rings is 1. The molecule has 0 aliphatic heterocycles. The molecule has 1 aromatic carbocycles. The van der Waals surface area contributed by atoms with E-state index >= 15 is 0 Å². The molecule has 0 spiro atoms. The van der Waals surface area contributed by atoms with Crippen LogP contribution < -0.4 is 0 Å². The van der Waals surface area contributed by atoms with E-state index in [4.69, 9.17) is 4.42 Å². The standard InChI is InChI=1S/C14H13FO2/c1-14(10-16,9-13-3-2-8-17-13)11-4-6-12(15)7-5-11/h2-8,10H,9H2,1H3. The number of carbonyl (C=O) groups is 1. The van der Waals surface area contributed by atoms with Crippen LogP contribution >= 0.6 is 0 Å². The number of benzene rings is 1. The number of hydrogen-bond donors (Lipinski definition) is 0. The molecule has 0 saturated carbocycles. The highest BCUT2D eigenvalue weighted by molar-refractivity contribution is 5.68. The van der Waals surface area contributed by atoms with Gasteiger partial charge in [-0.1, -0.05) is 12.1 Å². The van der Waals surface area contributed by atoms with Crippen LogP contribution in [0.15, 0.2) is 47.1 Å². The van der Waals surface area contributed by atoms with E-state index in [-0.39, 0.29) is 5.82 Å². The monoisotopic (exact) mass is 232 g/mol. The van der Waals surface area contributed by atoms with Crippen molar-refractivity contribution in [3.63, 3.8) is 0 Å². The van der Waals surface area contributed by atoms with Gasteiger partial charge in [-0.2, -0.15) is 0 Å². The van der Waals surface area contributed by atoms with Gasteiger partial charge in [0, 0.05) is 6.42 Å². The fraction of sp³-hybridized carbons (Fsp3) is 0.214. The second-order valence-electron chi connectivity index (χ2n) is 4.30. The summed E-state index contributed by atoms with van der Waals surface area (Å²) in [4.78, 5) is 11.3. The Morgan fingerprint density at radius 1 is 1.29 bits per heavy atom. The molecule has 2 aromatic rings. The SMILES string of the molecule is CC(C=O)(Cc1ccco1)c1ccc(F)cc1. The highest BCUT2D eigenvalue weighted by atomic mass is 19.1. The second kappa shape index (κ2) is 4.53. The summed E-state index contributed by atoms with van der Waals surface area (Å²) >= 11 is 0. The van der Waals surface area contributed by atoms with Crippen LogP contribution in [0.2, 0.25) is 0 Å². The molecule has 88 valence electrons. The van der Waals surface area contributed by atoms with Crippen molar-refractivity contribution in [1.82, 2.24) is 0 Å². The molecular formula is C14H13FO2. The zero-order chi connectivity index (χ0) is 12.3. The zero-order valence-electron chi connectivity index (χ0n) is 9.52. The van der Waals surface area contributed by atoms with Gasteiger partial charge in [0.25, 0.3) is 0 Å². The minimum absolute atomic E-state index is 0.306. The Balaban J connectivity index is 2.30. The van der Waals surface area contributed by atoms with Gasteiger partial charge in [-0.05, 0) is 36.8 Å². The zero-order valence-corrected chi connectivity index (χ0v) is 9.52. The molecule has 1 aromatic heterocycles. The number of hydrogen-bond acceptors (Lipinski definition) is 2. The van der Waals surface area contributed by atoms with Crippen molar-refractivity contribution in [3.8, 4) is 0 Å². The first-order valence-electron chi connectivity index (χ1n) is 5.39. The third kappa shape index (κ3) is 2.44. The van der Waals surface area contributed by atoms with Gasteiger partial charge < -0.3 is 9.21 Å². The molecule has 2 nitrogen and oxygen atoms in total. The average molecular weight is 232 g/mol. The third-order valence-electron chi connectivity index (χ3n) is 2.89. The maximum absolute atomic E-state index is 12.8. The molecule has 1 heterocycles. The average Bonchev–Trinajstić information content (AvgIpc) is 2.82. The molecule has 0 amide bonds. The number of rotatable bonds is 4. The molecule has 1 atom stereocenters. The van der Waals surface area contributed by atoms with E-state index in [1.165, 1.54) is 12.1 Å². The maximum Gasteiger partial charge on any atom is 0.130 e. The van der Waals surface area contributed by atoms with Crippen LogP contribution in [0.3, 0.4) is 0 Å². The van der Waals surface area contributed by atoms with Crippen molar-refractivity contribution >= 4 is 6.29 Å². The molecule has 0 fully saturated rings. The molecule has 0 N–H and O–H groups in total. The first-order valence-corrected chi connectivity index (χ1v) is 5.39. The summed E-state index contributed by atoms with van der Waals surface area (Å²) in [6.07, 6.45) is 2.92. The normalized spacial score (nSPS) is 14.2. The minimum atomic E-state index is -0.689. The minimum Gasteiger partial charge on any atom is -0.469 e. The fourth-order valence-corrected chi connectivity index (χ4v) is 1.82. The van der Waals surface area contributed by atoms with Crippen LogP contribution in [0.5, 0.6) is 0 Å². The van der Waals surface area contributed by atoms with Crippen LogP contribution in [0, 0.1) is 5.82 Å². The van der Waals surface area contributed by atoms with Crippen molar-refractivity contribution in [2.24, 2.45) is 0 Å². The van der Waals surface area contributed by atoms with E-state index in [9.17, 15) is 9.18 Å². The van der Waals surface area contributed by atoms with Crippen molar-refractivity contribution in [2.75, 3.05) is 0 Å². The predicted molar refractivity (Wildman–Crippen MR) is 62.2 cm³/mol. The van der Waals surface area contributed by atoms with Gasteiger partial charge in [0.05, 0.1) is 11.7 Å². The number of carbonyl (C=O) groups excluding carboxylic acids is 1. The fourth-order valence-electron chi connectivity index (χ4n) is 1.82. The highest BCUT2D eigenvalue weighted by Crippen LogP contribution is 2.26. The van der Waals surface area contributed by atoms with Gasteiger partial charge in [-0.3, -0.25) is 0 Å². The van der Waals surface area contributed by atoms with Crippen molar-refractivity contribution in [2.45, 2.75) is 18.8 Å². The Labute approximate surface area is 99.1 Å². The summed E-state index contributed by atoms with van der Waals surface area (Å²) in [6.45, 7) is 1.82. The van der Waals surface area contributed by atoms with Crippen LogP contribution in [0.4, 0.5) is 4.39 Å². The summed E-state index contributed by atoms with van der Waals surface area (Å²) in [5.41, 5.74) is 0.0938. The molecule has 0 aliphatic rings. The van der Waals surface area contributed by atoms with E-state index < -0.39 is 5.41 Å². The summed E-state index contributed by atoms with van der Waals surface area (Å²) in [7, 11) is 0. The van der Waals surface area contributed by atoms with Crippen LogP contribution in [0.1, 0.15) is 18.2 Å². The van der Waals surface area contributed by atoms with Gasteiger partial charge in [-0.15, -0.1) is 0 Å². The summed E-state index contributed by atoms with van der Waals surface area (Å²) in [5, 5.41) is 0. The Morgan fingerprint density at radius 3 is 2.53 bits per heavy atom. The molecular weight excluding hydrogens is 219 g/mol. The molecule has 17 heavy (non-hydrogen) atoms. The lowest BCUT2D eigenvalue weighted by atomic mass is 9.80. The quantitative estimate of drug-likeness (QED) is 0.758. The second-order valence-corrected chi connectivity index (χ2v) is 4.30. The van der Waals surface area contributed by atoms with Gasteiger partial charge in [0.2, 0.25) is 0 Å². The van der Waals surface area contributed by atoms with E-state index in [0.29, 0.717) is 6.42 Å². The predicted octanol–water partition coefficient (Wildman–Crippen LogP) is 3.12. The lowest BCUT2D eigenvalue weighted by Gasteiger charge is -2.22. The van der Waals surface area contributed by atoms with Gasteiger partial charge in [0.1, 0.15) is 17.9 Å². The highest BCUT2D eigenvalue weighted by Gasteiger charge is 2.27. The maximum atomic E-state index is 12.8. The molecule has 1 unspecified atom stereocenters. The number of aldehydes is 1. The third-order valence-corrected chi connectivity index (χ3v) is 2.89. The van der Waals surface area contributed by atoms with E-state index in [0.717, 1.165) is 17.6 Å². The van der Waals surface area contributed by atoms with Crippen molar-refractivity contribution in [3.05, 3.63) is 59.8 Å². The molecule has 0 aliphatic carbocycles. The molecule has 0 bridgehead atoms. The largest absolute Gasteiger partial charge is 0.469 e. The van der Waals surface area contributed by atoms with E-state index in [2.05, 4.69) is 0 Å².